The molecule has 0 radical (unpaired) electrons. The summed E-state index contributed by atoms with van der Waals surface area (Å²) in [6, 6.07) is -0.957. The van der Waals surface area contributed by atoms with Gasteiger partial charge in [0.05, 0.1) is 7.11 Å². The van der Waals surface area contributed by atoms with Gasteiger partial charge in [0.15, 0.2) is 0 Å². The number of halogens is 1. The number of methoxy groups -OCH3 is 1. The zero-order valence-corrected chi connectivity index (χ0v) is 5.18. The normalized spacial score (nSPS) is 10.8. The van der Waals surface area contributed by atoms with Crippen LogP contribution in [0.15, 0.2) is 12.1 Å². The predicted molar refractivity (Wildman–Crippen MR) is 28.4 cm³/mol. The van der Waals surface area contributed by atoms with Gasteiger partial charge in [-0.3, -0.25) is 0 Å². The van der Waals surface area contributed by atoms with E-state index in [1.54, 1.807) is 0 Å². The van der Waals surface area contributed by atoms with Crippen molar-refractivity contribution in [3.05, 3.63) is 12.1 Å². The fourth-order valence-corrected chi connectivity index (χ4v) is 0.180. The second kappa shape index (κ2) is 3.88. The lowest BCUT2D eigenvalue weighted by molar-refractivity contribution is 0.0791. The molecule has 0 spiro atoms. The number of carbonyl (C=O) groups excluding carboxylic acids is 1. The van der Waals surface area contributed by atoms with Crippen molar-refractivity contribution in [1.82, 2.24) is 0 Å². The Morgan fingerprint density at radius 1 is 1.67 bits per heavy atom. The topological polar surface area (TPSA) is 35.5 Å². The lowest BCUT2D eigenvalue weighted by Crippen LogP contribution is -2.00. The molecule has 0 unspecified atom stereocenters. The minimum absolute atomic E-state index is 0.957. The second-order valence-corrected chi connectivity index (χ2v) is 1.15. The largest absolute Gasteiger partial charge is 0.515 e. The molecule has 52 valence electrons. The fraction of sp³-hybridized carbons (Fsp3) is 0.400. The zero-order valence-electron chi connectivity index (χ0n) is 5.18. The van der Waals surface area contributed by atoms with Gasteiger partial charge < -0.3 is 9.47 Å². The van der Waals surface area contributed by atoms with Gasteiger partial charge in [-0.2, -0.15) is 4.39 Å². The Morgan fingerprint density at radius 2 is 2.22 bits per heavy atom. The molecule has 0 fully saturated rings. The van der Waals surface area contributed by atoms with Crippen molar-refractivity contribution in [2.75, 3.05) is 7.11 Å². The molecule has 0 bridgehead atoms. The third-order valence-corrected chi connectivity index (χ3v) is 0.574. The van der Waals surface area contributed by atoms with E-state index in [-0.39, 0.29) is 0 Å². The first kappa shape index (κ1) is 7.94. The molecule has 0 aliphatic rings. The Balaban J connectivity index is 3.60. The molecular formula is C5H7FO3. The van der Waals surface area contributed by atoms with E-state index in [4.69, 9.17) is 0 Å². The van der Waals surface area contributed by atoms with Gasteiger partial charge in [0.2, 0.25) is 0 Å². The SMILES string of the molecule is CC=C(F)OC(=O)OC. The molecule has 0 aromatic heterocycles. The van der Waals surface area contributed by atoms with Crippen LogP contribution in [0.4, 0.5) is 9.18 Å². The monoisotopic (exact) mass is 134 g/mol. The second-order valence-electron chi connectivity index (χ2n) is 1.15. The van der Waals surface area contributed by atoms with Crippen LogP contribution in [0.1, 0.15) is 6.92 Å². The molecule has 0 aromatic rings. The number of allylic oxidation sites excluding steroid dienone is 1. The highest BCUT2D eigenvalue weighted by molar-refractivity contribution is 5.60. The molecule has 3 nitrogen and oxygen atoms in total. The molecule has 4 heteroatoms. The van der Waals surface area contributed by atoms with Crippen LogP contribution in [-0.4, -0.2) is 13.3 Å². The van der Waals surface area contributed by atoms with Gasteiger partial charge in [0, 0.05) is 0 Å². The highest BCUT2D eigenvalue weighted by atomic mass is 19.1. The Morgan fingerprint density at radius 3 is 2.56 bits per heavy atom. The summed E-state index contributed by atoms with van der Waals surface area (Å²) >= 11 is 0. The molecule has 0 atom stereocenters. The molecule has 0 rings (SSSR count). The summed E-state index contributed by atoms with van der Waals surface area (Å²) in [6.07, 6.45) is -0.0395. The molecule has 0 aliphatic heterocycles. The zero-order chi connectivity index (χ0) is 7.28. The van der Waals surface area contributed by atoms with Gasteiger partial charge in [0.1, 0.15) is 0 Å². The Bertz CT molecular complexity index is 130. The number of hydrogen-bond donors (Lipinski definition) is 0. The molecule has 0 aromatic carbocycles. The van der Waals surface area contributed by atoms with Gasteiger partial charge in [-0.15, -0.1) is 0 Å². The lowest BCUT2D eigenvalue weighted by Gasteiger charge is -1.95. The van der Waals surface area contributed by atoms with Gasteiger partial charge in [0.25, 0.3) is 6.01 Å². The van der Waals surface area contributed by atoms with E-state index in [9.17, 15) is 9.18 Å². The van der Waals surface area contributed by atoms with Crippen molar-refractivity contribution < 1.29 is 18.7 Å². The van der Waals surface area contributed by atoms with Gasteiger partial charge >= 0.3 is 6.16 Å². The van der Waals surface area contributed by atoms with Crippen LogP contribution in [0.25, 0.3) is 0 Å². The first-order valence-electron chi connectivity index (χ1n) is 2.28. The van der Waals surface area contributed by atoms with Crippen molar-refractivity contribution >= 4 is 6.16 Å². The van der Waals surface area contributed by atoms with Gasteiger partial charge in [-0.05, 0) is 13.0 Å². The molecule has 9 heavy (non-hydrogen) atoms. The Hall–Kier alpha value is -1.06. The summed E-state index contributed by atoms with van der Waals surface area (Å²) in [7, 11) is 1.10. The quantitative estimate of drug-likeness (QED) is 0.403. The number of carbonyl (C=O) groups is 1. The highest BCUT2D eigenvalue weighted by Crippen LogP contribution is 1.98. The van der Waals surface area contributed by atoms with Crippen molar-refractivity contribution in [1.29, 1.82) is 0 Å². The van der Waals surface area contributed by atoms with E-state index in [1.165, 1.54) is 6.92 Å². The average molecular weight is 134 g/mol. The van der Waals surface area contributed by atoms with Crippen molar-refractivity contribution in [3.8, 4) is 0 Å². The van der Waals surface area contributed by atoms with E-state index in [0.717, 1.165) is 13.2 Å². The predicted octanol–water partition coefficient (Wildman–Crippen LogP) is 1.60. The third-order valence-electron chi connectivity index (χ3n) is 0.574. The molecular weight excluding hydrogens is 127 g/mol. The van der Waals surface area contributed by atoms with Gasteiger partial charge in [-0.1, -0.05) is 0 Å². The van der Waals surface area contributed by atoms with E-state index in [2.05, 4.69) is 9.47 Å². The van der Waals surface area contributed by atoms with Crippen LogP contribution < -0.4 is 0 Å². The van der Waals surface area contributed by atoms with Crippen LogP contribution >= 0.6 is 0 Å². The van der Waals surface area contributed by atoms with Crippen molar-refractivity contribution in [2.24, 2.45) is 0 Å². The van der Waals surface area contributed by atoms with Crippen LogP contribution in [0.3, 0.4) is 0 Å². The van der Waals surface area contributed by atoms with Crippen LogP contribution in [0.5, 0.6) is 0 Å². The van der Waals surface area contributed by atoms with E-state index in [1.807, 2.05) is 0 Å². The van der Waals surface area contributed by atoms with Crippen LogP contribution in [0.2, 0.25) is 0 Å². The first-order chi connectivity index (χ1) is 4.20. The van der Waals surface area contributed by atoms with Crippen molar-refractivity contribution in [3.63, 3.8) is 0 Å². The standard InChI is InChI=1S/C5H7FO3/c1-3-4(6)9-5(7)8-2/h3H,1-2H3. The molecule has 0 saturated heterocycles. The maximum Gasteiger partial charge on any atom is 0.515 e. The molecule has 0 amide bonds. The van der Waals surface area contributed by atoms with Crippen LogP contribution in [0, 0.1) is 0 Å². The molecule has 0 N–H and O–H groups in total. The first-order valence-corrected chi connectivity index (χ1v) is 2.28. The summed E-state index contributed by atoms with van der Waals surface area (Å²) in [5, 5.41) is 0. The Labute approximate surface area is 52.1 Å². The number of ether oxygens (including phenoxy) is 2. The number of hydrogen-bond acceptors (Lipinski definition) is 3. The summed E-state index contributed by atoms with van der Waals surface area (Å²) in [4.78, 5) is 10.1. The fourth-order valence-electron chi connectivity index (χ4n) is 0.180. The number of rotatable bonds is 1. The molecule has 0 saturated carbocycles. The van der Waals surface area contributed by atoms with Crippen molar-refractivity contribution in [2.45, 2.75) is 6.92 Å². The maximum atomic E-state index is 11.9. The van der Waals surface area contributed by atoms with E-state index < -0.39 is 12.2 Å². The van der Waals surface area contributed by atoms with Crippen LogP contribution in [-0.2, 0) is 9.47 Å². The maximum absolute atomic E-state index is 11.9. The summed E-state index contributed by atoms with van der Waals surface area (Å²) in [5.74, 6) is 0. The third kappa shape index (κ3) is 3.52. The summed E-state index contributed by atoms with van der Waals surface area (Å²) in [5.41, 5.74) is 0. The minimum Gasteiger partial charge on any atom is -0.437 e. The van der Waals surface area contributed by atoms with Gasteiger partial charge in [-0.25, -0.2) is 4.79 Å². The Kier molecular flexibility index (Phi) is 3.43. The van der Waals surface area contributed by atoms with E-state index >= 15 is 0 Å². The lowest BCUT2D eigenvalue weighted by atomic mass is 10.7. The van der Waals surface area contributed by atoms with E-state index in [0.29, 0.717) is 0 Å². The smallest absolute Gasteiger partial charge is 0.437 e. The summed E-state index contributed by atoms with van der Waals surface area (Å²) in [6.45, 7) is 1.40. The molecule has 0 heterocycles. The molecule has 0 aliphatic carbocycles. The summed E-state index contributed by atoms with van der Waals surface area (Å²) < 4.78 is 19.8. The minimum atomic E-state index is -1.05. The average Bonchev–Trinajstić information content (AvgIpc) is 1.87. The highest BCUT2D eigenvalue weighted by Gasteiger charge is 2.02.